The van der Waals surface area contributed by atoms with Crippen molar-refractivity contribution in [2.45, 2.75) is 25.8 Å². The highest BCUT2D eigenvalue weighted by molar-refractivity contribution is 5.95. The molecular weight excluding hydrogens is 354 g/mol. The van der Waals surface area contributed by atoms with E-state index >= 15 is 0 Å². The van der Waals surface area contributed by atoms with Gasteiger partial charge in [0.1, 0.15) is 5.75 Å². The van der Waals surface area contributed by atoms with Crippen molar-refractivity contribution in [3.8, 4) is 5.75 Å². The Morgan fingerprint density at radius 2 is 1.71 bits per heavy atom. The summed E-state index contributed by atoms with van der Waals surface area (Å²) in [7, 11) is 1.61. The minimum atomic E-state index is -0.311. The smallest absolute Gasteiger partial charge is 0.241 e. The summed E-state index contributed by atoms with van der Waals surface area (Å²) in [4.78, 5) is 27.3. The summed E-state index contributed by atoms with van der Waals surface area (Å²) in [5.74, 6) is 0.562. The number of likely N-dealkylation sites (tertiary alicyclic amines) is 1. The molecule has 6 heteroatoms. The van der Waals surface area contributed by atoms with E-state index in [1.807, 2.05) is 61.5 Å². The van der Waals surface area contributed by atoms with Gasteiger partial charge in [0.15, 0.2) is 0 Å². The van der Waals surface area contributed by atoms with Crippen LogP contribution in [0.25, 0.3) is 0 Å². The number of carbonyl (C=O) groups excluding carboxylic acids is 2. The fourth-order valence-electron chi connectivity index (χ4n) is 3.42. The number of anilines is 2. The van der Waals surface area contributed by atoms with Crippen molar-refractivity contribution in [2.75, 3.05) is 30.8 Å². The summed E-state index contributed by atoms with van der Waals surface area (Å²) < 4.78 is 5.13. The molecule has 1 aliphatic rings. The number of nitrogens with one attached hydrogen (secondary N) is 2. The molecule has 0 aliphatic carbocycles. The lowest BCUT2D eigenvalue weighted by Crippen LogP contribution is -2.49. The first-order valence-electron chi connectivity index (χ1n) is 9.61. The highest BCUT2D eigenvalue weighted by Gasteiger charge is 2.30. The molecule has 1 heterocycles. The summed E-state index contributed by atoms with van der Waals surface area (Å²) in [6.45, 7) is 3.28. The molecular formula is C22H27N3O3. The zero-order chi connectivity index (χ0) is 19.9. The van der Waals surface area contributed by atoms with Gasteiger partial charge in [-0.25, -0.2) is 0 Å². The van der Waals surface area contributed by atoms with Crippen LogP contribution in [0.5, 0.6) is 5.75 Å². The highest BCUT2D eigenvalue weighted by Crippen LogP contribution is 2.22. The molecule has 2 amide bonds. The molecule has 28 heavy (non-hydrogen) atoms. The van der Waals surface area contributed by atoms with Crippen LogP contribution in [0.4, 0.5) is 11.4 Å². The van der Waals surface area contributed by atoms with Gasteiger partial charge >= 0.3 is 0 Å². The van der Waals surface area contributed by atoms with Gasteiger partial charge in [0.25, 0.3) is 0 Å². The molecule has 2 atom stereocenters. The van der Waals surface area contributed by atoms with E-state index < -0.39 is 0 Å². The number of piperidine rings is 1. The monoisotopic (exact) mass is 381 g/mol. The maximum Gasteiger partial charge on any atom is 0.241 e. The largest absolute Gasteiger partial charge is 0.497 e. The second-order valence-electron chi connectivity index (χ2n) is 7.08. The molecule has 6 nitrogen and oxygen atoms in total. The Morgan fingerprint density at radius 1 is 1.04 bits per heavy atom. The number of ether oxygens (including phenoxy) is 1. The fourth-order valence-corrected chi connectivity index (χ4v) is 3.42. The Balaban J connectivity index is 1.56. The van der Waals surface area contributed by atoms with Gasteiger partial charge in [-0.3, -0.25) is 14.5 Å². The van der Waals surface area contributed by atoms with Gasteiger partial charge < -0.3 is 15.4 Å². The standard InChI is InChI=1S/C22H27N3O3/c1-16(21(26)23-19-10-12-20(28-2)13-11-19)25-14-6-7-17(15-25)22(27)24-18-8-4-3-5-9-18/h3-5,8-13,16-17H,6-7,14-15H2,1-2H3,(H,23,26)(H,24,27)/t16-,17-/m1/s1. The molecule has 0 aromatic heterocycles. The number of benzene rings is 2. The topological polar surface area (TPSA) is 70.7 Å². The predicted octanol–water partition coefficient (Wildman–Crippen LogP) is 3.37. The zero-order valence-electron chi connectivity index (χ0n) is 16.4. The van der Waals surface area contributed by atoms with Gasteiger partial charge in [0.2, 0.25) is 11.8 Å². The SMILES string of the molecule is COc1ccc(NC(=O)[C@@H](C)N2CCC[C@@H](C(=O)Nc3ccccc3)C2)cc1. The summed E-state index contributed by atoms with van der Waals surface area (Å²) in [6.07, 6.45) is 1.73. The maximum atomic E-state index is 12.6. The van der Waals surface area contributed by atoms with Crippen molar-refractivity contribution >= 4 is 23.2 Å². The van der Waals surface area contributed by atoms with E-state index in [-0.39, 0.29) is 23.8 Å². The molecule has 1 saturated heterocycles. The van der Waals surface area contributed by atoms with Crippen LogP contribution in [0.15, 0.2) is 54.6 Å². The third-order valence-corrected chi connectivity index (χ3v) is 5.15. The van der Waals surface area contributed by atoms with Crippen molar-refractivity contribution in [1.29, 1.82) is 0 Å². The number of amides is 2. The van der Waals surface area contributed by atoms with E-state index in [1.165, 1.54) is 0 Å². The van der Waals surface area contributed by atoms with E-state index in [0.29, 0.717) is 6.54 Å². The number of nitrogens with zero attached hydrogens (tertiary/aromatic N) is 1. The third-order valence-electron chi connectivity index (χ3n) is 5.15. The van der Waals surface area contributed by atoms with Gasteiger partial charge in [0, 0.05) is 17.9 Å². The quantitative estimate of drug-likeness (QED) is 0.805. The highest BCUT2D eigenvalue weighted by atomic mass is 16.5. The molecule has 1 aliphatic heterocycles. The lowest BCUT2D eigenvalue weighted by molar-refractivity contribution is -0.125. The number of carbonyl (C=O) groups is 2. The lowest BCUT2D eigenvalue weighted by atomic mass is 9.95. The normalized spacial score (nSPS) is 18.1. The van der Waals surface area contributed by atoms with Gasteiger partial charge in [0.05, 0.1) is 19.1 Å². The van der Waals surface area contributed by atoms with E-state index in [9.17, 15) is 9.59 Å². The maximum absolute atomic E-state index is 12.6. The molecule has 1 fully saturated rings. The van der Waals surface area contributed by atoms with Crippen LogP contribution in [-0.4, -0.2) is 43.0 Å². The van der Waals surface area contributed by atoms with Crippen molar-refractivity contribution in [3.05, 3.63) is 54.6 Å². The Kier molecular flexibility index (Phi) is 6.66. The number of methoxy groups -OCH3 is 1. The molecule has 148 valence electrons. The third kappa shape index (κ3) is 5.10. The molecule has 0 spiro atoms. The Morgan fingerprint density at radius 3 is 2.39 bits per heavy atom. The van der Waals surface area contributed by atoms with Gasteiger partial charge in [-0.2, -0.15) is 0 Å². The summed E-state index contributed by atoms with van der Waals surface area (Å²) in [5.41, 5.74) is 1.53. The molecule has 2 aromatic carbocycles. The van der Waals surface area contributed by atoms with Gasteiger partial charge in [-0.15, -0.1) is 0 Å². The molecule has 0 unspecified atom stereocenters. The Hall–Kier alpha value is -2.86. The van der Waals surface area contributed by atoms with Crippen molar-refractivity contribution in [3.63, 3.8) is 0 Å². The fraction of sp³-hybridized carbons (Fsp3) is 0.364. The summed E-state index contributed by atoms with van der Waals surface area (Å²) >= 11 is 0. The van der Waals surface area contributed by atoms with E-state index in [2.05, 4.69) is 15.5 Å². The number of hydrogen-bond donors (Lipinski definition) is 2. The summed E-state index contributed by atoms with van der Waals surface area (Å²) in [6, 6.07) is 16.4. The molecule has 0 saturated carbocycles. The van der Waals surface area contributed by atoms with Gasteiger partial charge in [-0.1, -0.05) is 18.2 Å². The molecule has 0 radical (unpaired) electrons. The zero-order valence-corrected chi connectivity index (χ0v) is 16.4. The molecule has 3 rings (SSSR count). The lowest BCUT2D eigenvalue weighted by Gasteiger charge is -2.35. The first-order valence-corrected chi connectivity index (χ1v) is 9.61. The van der Waals surface area contributed by atoms with E-state index in [4.69, 9.17) is 4.74 Å². The van der Waals surface area contributed by atoms with E-state index in [0.717, 1.165) is 36.5 Å². The van der Waals surface area contributed by atoms with Crippen molar-refractivity contribution in [1.82, 2.24) is 4.90 Å². The molecule has 2 aromatic rings. The average Bonchev–Trinajstić information content (AvgIpc) is 2.74. The molecule has 0 bridgehead atoms. The summed E-state index contributed by atoms with van der Waals surface area (Å²) in [5, 5.41) is 5.91. The minimum absolute atomic E-state index is 0.0127. The van der Waals surface area contributed by atoms with Crippen LogP contribution >= 0.6 is 0 Å². The molecule has 2 N–H and O–H groups in total. The van der Waals surface area contributed by atoms with Crippen molar-refractivity contribution < 1.29 is 14.3 Å². The van der Waals surface area contributed by atoms with Crippen molar-refractivity contribution in [2.24, 2.45) is 5.92 Å². The first kappa shape index (κ1) is 19.9. The first-order chi connectivity index (χ1) is 13.6. The van der Waals surface area contributed by atoms with Crippen LogP contribution < -0.4 is 15.4 Å². The Bertz CT molecular complexity index is 792. The van der Waals surface area contributed by atoms with Gasteiger partial charge in [-0.05, 0) is 62.7 Å². The van der Waals surface area contributed by atoms with Crippen LogP contribution in [0.1, 0.15) is 19.8 Å². The number of rotatable bonds is 6. The predicted molar refractivity (Wildman–Crippen MR) is 110 cm³/mol. The second-order valence-corrected chi connectivity index (χ2v) is 7.08. The van der Waals surface area contributed by atoms with Crippen LogP contribution in [-0.2, 0) is 9.59 Å². The minimum Gasteiger partial charge on any atom is -0.497 e. The number of para-hydroxylation sites is 1. The second kappa shape index (κ2) is 9.37. The van der Waals surface area contributed by atoms with E-state index in [1.54, 1.807) is 7.11 Å². The average molecular weight is 381 g/mol. The van der Waals surface area contributed by atoms with Crippen LogP contribution in [0, 0.1) is 5.92 Å². The van der Waals surface area contributed by atoms with Crippen LogP contribution in [0.3, 0.4) is 0 Å². The van der Waals surface area contributed by atoms with Crippen LogP contribution in [0.2, 0.25) is 0 Å². The Labute approximate surface area is 165 Å². The number of hydrogen-bond acceptors (Lipinski definition) is 4.